The SMILES string of the molecule is CC(C)(C)OC(=O)N1CCC(S(=O)(=O)N(Cc2cn3ccc(-c4nnc(C(F)F)o4)cc3n2)c2ccccc2)CC1. The largest absolute Gasteiger partial charge is 0.444 e. The zero-order valence-electron chi connectivity index (χ0n) is 22.8. The summed E-state index contributed by atoms with van der Waals surface area (Å²) in [7, 11) is -3.85. The van der Waals surface area contributed by atoms with Gasteiger partial charge in [0.05, 0.1) is 23.2 Å². The zero-order valence-corrected chi connectivity index (χ0v) is 23.6. The number of halogens is 2. The van der Waals surface area contributed by atoms with Crippen molar-refractivity contribution in [3.8, 4) is 11.5 Å². The van der Waals surface area contributed by atoms with E-state index in [4.69, 9.17) is 9.15 Å². The first kappa shape index (κ1) is 28.5. The molecule has 0 saturated carbocycles. The fraction of sp³-hybridized carbons (Fsp3) is 0.407. The molecular weight excluding hydrogens is 558 g/mol. The second kappa shape index (κ2) is 11.1. The number of anilines is 1. The van der Waals surface area contributed by atoms with Crippen LogP contribution in [0.25, 0.3) is 17.1 Å². The number of sulfonamides is 1. The molecule has 1 amide bonds. The maximum absolute atomic E-state index is 14.0. The van der Waals surface area contributed by atoms with Gasteiger partial charge in [0.1, 0.15) is 11.2 Å². The van der Waals surface area contributed by atoms with Crippen LogP contribution < -0.4 is 4.31 Å². The van der Waals surface area contributed by atoms with Gasteiger partial charge >= 0.3 is 12.5 Å². The van der Waals surface area contributed by atoms with Crippen LogP contribution in [0.2, 0.25) is 0 Å². The van der Waals surface area contributed by atoms with E-state index in [1.807, 2.05) is 0 Å². The highest BCUT2D eigenvalue weighted by Gasteiger charge is 2.37. The van der Waals surface area contributed by atoms with Crippen molar-refractivity contribution in [2.45, 2.75) is 57.4 Å². The normalized spacial score (nSPS) is 15.0. The summed E-state index contributed by atoms with van der Waals surface area (Å²) in [6.07, 6.45) is 0.556. The molecule has 0 atom stereocenters. The van der Waals surface area contributed by atoms with Gasteiger partial charge in [-0.2, -0.15) is 8.78 Å². The molecule has 5 rings (SSSR count). The molecule has 1 aliphatic heterocycles. The number of benzene rings is 1. The first-order chi connectivity index (χ1) is 19.4. The summed E-state index contributed by atoms with van der Waals surface area (Å²) < 4.78 is 67.2. The molecule has 1 fully saturated rings. The van der Waals surface area contributed by atoms with Gasteiger partial charge in [-0.05, 0) is 57.9 Å². The molecule has 41 heavy (non-hydrogen) atoms. The first-order valence-electron chi connectivity index (χ1n) is 13.0. The van der Waals surface area contributed by atoms with Crippen molar-refractivity contribution in [2.24, 2.45) is 0 Å². The van der Waals surface area contributed by atoms with E-state index in [2.05, 4.69) is 15.2 Å². The van der Waals surface area contributed by atoms with Crippen molar-refractivity contribution in [3.05, 3.63) is 66.4 Å². The van der Waals surface area contributed by atoms with Crippen LogP contribution in [0.15, 0.2) is 59.3 Å². The molecular formula is C27H30F2N6O5S. The van der Waals surface area contributed by atoms with E-state index >= 15 is 0 Å². The van der Waals surface area contributed by atoms with Crippen molar-refractivity contribution in [3.63, 3.8) is 0 Å². The molecule has 11 nitrogen and oxygen atoms in total. The summed E-state index contributed by atoms with van der Waals surface area (Å²) in [4.78, 5) is 18.6. The second-order valence-electron chi connectivity index (χ2n) is 10.7. The number of piperidine rings is 1. The van der Waals surface area contributed by atoms with Crippen LogP contribution in [0.4, 0.5) is 19.3 Å². The monoisotopic (exact) mass is 588 g/mol. The number of imidazole rings is 1. The molecule has 0 N–H and O–H groups in total. The van der Waals surface area contributed by atoms with Gasteiger partial charge in [0.15, 0.2) is 0 Å². The van der Waals surface area contributed by atoms with Crippen molar-refractivity contribution in [1.29, 1.82) is 0 Å². The molecule has 0 radical (unpaired) electrons. The number of ether oxygens (including phenoxy) is 1. The molecule has 4 aromatic rings. The summed E-state index contributed by atoms with van der Waals surface area (Å²) in [5.41, 5.74) is 1.17. The smallest absolute Gasteiger partial charge is 0.410 e. The van der Waals surface area contributed by atoms with Gasteiger partial charge in [-0.3, -0.25) is 4.31 Å². The van der Waals surface area contributed by atoms with E-state index in [0.717, 1.165) is 0 Å². The summed E-state index contributed by atoms with van der Waals surface area (Å²) in [6, 6.07) is 12.0. The maximum Gasteiger partial charge on any atom is 0.410 e. The minimum Gasteiger partial charge on any atom is -0.444 e. The third-order valence-corrected chi connectivity index (χ3v) is 8.82. The average Bonchev–Trinajstić information content (AvgIpc) is 3.58. The number of hydrogen-bond acceptors (Lipinski definition) is 8. The number of para-hydroxylation sites is 1. The molecule has 1 saturated heterocycles. The fourth-order valence-corrected chi connectivity index (χ4v) is 6.49. The number of alkyl halides is 2. The Balaban J connectivity index is 1.37. The van der Waals surface area contributed by atoms with Crippen LogP contribution in [0.5, 0.6) is 0 Å². The van der Waals surface area contributed by atoms with E-state index < -0.39 is 39.3 Å². The number of nitrogens with zero attached hydrogens (tertiary/aromatic N) is 6. The van der Waals surface area contributed by atoms with E-state index in [0.29, 0.717) is 22.6 Å². The third kappa shape index (κ3) is 6.32. The number of aromatic nitrogens is 4. The van der Waals surface area contributed by atoms with Crippen molar-refractivity contribution in [1.82, 2.24) is 24.5 Å². The molecule has 14 heteroatoms. The maximum atomic E-state index is 14.0. The van der Waals surface area contributed by atoms with Crippen molar-refractivity contribution < 1.29 is 31.1 Å². The molecule has 0 bridgehead atoms. The van der Waals surface area contributed by atoms with E-state index in [1.54, 1.807) is 80.0 Å². The topological polar surface area (TPSA) is 123 Å². The average molecular weight is 589 g/mol. The molecule has 1 aliphatic rings. The van der Waals surface area contributed by atoms with Gasteiger partial charge < -0.3 is 18.5 Å². The zero-order chi connectivity index (χ0) is 29.4. The van der Waals surface area contributed by atoms with Gasteiger partial charge in [-0.25, -0.2) is 18.2 Å². The molecule has 218 valence electrons. The number of pyridine rings is 1. The van der Waals surface area contributed by atoms with Crippen molar-refractivity contribution in [2.75, 3.05) is 17.4 Å². The van der Waals surface area contributed by atoms with Crippen LogP contribution in [0, 0.1) is 0 Å². The highest BCUT2D eigenvalue weighted by atomic mass is 32.2. The van der Waals surface area contributed by atoms with Gasteiger partial charge in [0.2, 0.25) is 15.9 Å². The lowest BCUT2D eigenvalue weighted by Gasteiger charge is -2.35. The molecule has 4 heterocycles. The van der Waals surface area contributed by atoms with Crippen LogP contribution in [0.3, 0.4) is 0 Å². The Labute approximate surface area is 235 Å². The highest BCUT2D eigenvalue weighted by molar-refractivity contribution is 7.93. The van der Waals surface area contributed by atoms with E-state index in [1.165, 1.54) is 9.21 Å². The lowest BCUT2D eigenvalue weighted by atomic mass is 10.1. The standard InChI is InChI=1S/C27H30F2N6O5S/c1-27(2,3)40-26(36)33-13-10-21(11-14-33)41(37,38)35(20-7-5-4-6-8-20)17-19-16-34-12-9-18(15-22(34)30-19)24-31-32-25(39-24)23(28)29/h4-9,12,15-16,21,23H,10-11,13-14,17H2,1-3H3. The summed E-state index contributed by atoms with van der Waals surface area (Å²) in [5.74, 6) is -0.844. The highest BCUT2D eigenvalue weighted by Crippen LogP contribution is 2.29. The van der Waals surface area contributed by atoms with Gasteiger partial charge in [0.25, 0.3) is 5.89 Å². The second-order valence-corrected chi connectivity index (χ2v) is 12.9. The molecule has 0 unspecified atom stereocenters. The third-order valence-electron chi connectivity index (χ3n) is 6.56. The van der Waals surface area contributed by atoms with Crippen molar-refractivity contribution >= 4 is 27.5 Å². The minimum atomic E-state index is -3.85. The first-order valence-corrected chi connectivity index (χ1v) is 14.5. The van der Waals surface area contributed by atoms with Crippen LogP contribution in [-0.2, 0) is 21.3 Å². The van der Waals surface area contributed by atoms with Crippen LogP contribution in [-0.4, -0.2) is 62.9 Å². The number of carbonyl (C=O) groups is 1. The Morgan fingerprint density at radius 2 is 1.85 bits per heavy atom. The van der Waals surface area contributed by atoms with Gasteiger partial charge in [0, 0.05) is 31.0 Å². The van der Waals surface area contributed by atoms with Gasteiger partial charge in [-0.1, -0.05) is 18.2 Å². The Bertz CT molecular complexity index is 1630. The summed E-state index contributed by atoms with van der Waals surface area (Å²) >= 11 is 0. The van der Waals surface area contributed by atoms with Gasteiger partial charge in [-0.15, -0.1) is 10.2 Å². The predicted octanol–water partition coefficient (Wildman–Crippen LogP) is 5.06. The summed E-state index contributed by atoms with van der Waals surface area (Å²) in [6.45, 7) is 5.85. The molecule has 0 spiro atoms. The Hall–Kier alpha value is -4.07. The quantitative estimate of drug-likeness (QED) is 0.294. The summed E-state index contributed by atoms with van der Waals surface area (Å²) in [5, 5.41) is 6.33. The number of hydrogen-bond donors (Lipinski definition) is 0. The number of carbonyl (C=O) groups excluding carboxylic acids is 1. The Morgan fingerprint density at radius 3 is 2.49 bits per heavy atom. The molecule has 0 aliphatic carbocycles. The Morgan fingerprint density at radius 1 is 1.15 bits per heavy atom. The number of rotatable bonds is 7. The predicted molar refractivity (Wildman–Crippen MR) is 146 cm³/mol. The minimum absolute atomic E-state index is 0.0360. The molecule has 3 aromatic heterocycles. The van der Waals surface area contributed by atoms with E-state index in [-0.39, 0.29) is 38.4 Å². The fourth-order valence-electron chi connectivity index (χ4n) is 4.60. The lowest BCUT2D eigenvalue weighted by molar-refractivity contribution is 0.0217. The van der Waals surface area contributed by atoms with Crippen LogP contribution in [0.1, 0.15) is 51.6 Å². The van der Waals surface area contributed by atoms with Crippen LogP contribution >= 0.6 is 0 Å². The number of fused-ring (bicyclic) bond motifs is 1. The molecule has 1 aromatic carbocycles. The number of amides is 1. The lowest BCUT2D eigenvalue weighted by Crippen LogP contribution is -2.48. The van der Waals surface area contributed by atoms with E-state index in [9.17, 15) is 22.0 Å². The Kier molecular flexibility index (Phi) is 7.68. The number of likely N-dealkylation sites (tertiary alicyclic amines) is 1.